The number of carbonyl (C=O) groups is 1. The Hall–Kier alpha value is -1.75. The quantitative estimate of drug-likeness (QED) is 0.650. The minimum atomic E-state index is -0.857. The van der Waals surface area contributed by atoms with Crippen LogP contribution in [0.25, 0.3) is 0 Å². The summed E-state index contributed by atoms with van der Waals surface area (Å²) >= 11 is 0. The monoisotopic (exact) mass is 266 g/mol. The van der Waals surface area contributed by atoms with Gasteiger partial charge in [0, 0.05) is 18.3 Å². The first-order valence-corrected chi connectivity index (χ1v) is 6.40. The lowest BCUT2D eigenvalue weighted by molar-refractivity contribution is -0.122. The number of anilines is 1. The average Bonchev–Trinajstić information content (AvgIpc) is 2.37. The lowest BCUT2D eigenvalue weighted by atomic mass is 10.0. The van der Waals surface area contributed by atoms with Gasteiger partial charge in [0.15, 0.2) is 0 Å². The Morgan fingerprint density at radius 1 is 1.53 bits per heavy atom. The Morgan fingerprint density at radius 3 is 2.89 bits per heavy atom. The summed E-state index contributed by atoms with van der Waals surface area (Å²) in [6, 6.07) is 7.06. The summed E-state index contributed by atoms with van der Waals surface area (Å²) in [7, 11) is 0. The van der Waals surface area contributed by atoms with E-state index in [1.165, 1.54) is 0 Å². The van der Waals surface area contributed by atoms with Crippen LogP contribution in [0.15, 0.2) is 24.3 Å². The van der Waals surface area contributed by atoms with Crippen LogP contribution in [0.2, 0.25) is 0 Å². The summed E-state index contributed by atoms with van der Waals surface area (Å²) in [5, 5.41) is 12.4. The molecule has 0 aliphatic carbocycles. The van der Waals surface area contributed by atoms with E-state index in [1.807, 2.05) is 6.92 Å². The molecule has 5 heteroatoms. The number of nitrogens with one attached hydrogen (secondary N) is 1. The second-order valence-corrected chi connectivity index (χ2v) is 4.80. The van der Waals surface area contributed by atoms with Crippen molar-refractivity contribution < 1.29 is 14.6 Å². The van der Waals surface area contributed by atoms with Crippen molar-refractivity contribution >= 4 is 11.6 Å². The van der Waals surface area contributed by atoms with Crippen molar-refractivity contribution in [3.05, 3.63) is 24.3 Å². The van der Waals surface area contributed by atoms with E-state index >= 15 is 0 Å². The van der Waals surface area contributed by atoms with Crippen molar-refractivity contribution in [2.45, 2.75) is 32.3 Å². The molecule has 0 fully saturated rings. The first-order chi connectivity index (χ1) is 8.93. The molecule has 0 radical (unpaired) electrons. The number of hydrogen-bond acceptors (Lipinski definition) is 4. The zero-order valence-corrected chi connectivity index (χ0v) is 11.5. The molecule has 0 aromatic heterocycles. The van der Waals surface area contributed by atoms with Crippen molar-refractivity contribution in [3.8, 4) is 5.75 Å². The van der Waals surface area contributed by atoms with Crippen molar-refractivity contribution in [1.82, 2.24) is 5.32 Å². The third kappa shape index (κ3) is 6.10. The largest absolute Gasteiger partial charge is 0.493 e. The maximum Gasteiger partial charge on any atom is 0.223 e. The molecule has 19 heavy (non-hydrogen) atoms. The first-order valence-electron chi connectivity index (χ1n) is 6.40. The Morgan fingerprint density at radius 2 is 2.26 bits per heavy atom. The van der Waals surface area contributed by atoms with Gasteiger partial charge in [0.25, 0.3) is 0 Å². The molecule has 0 spiro atoms. The zero-order valence-electron chi connectivity index (χ0n) is 11.5. The molecular weight excluding hydrogens is 244 g/mol. The smallest absolute Gasteiger partial charge is 0.223 e. The number of rotatable bonds is 7. The van der Waals surface area contributed by atoms with Gasteiger partial charge in [0.1, 0.15) is 5.75 Å². The van der Waals surface area contributed by atoms with Crippen LogP contribution in [-0.2, 0) is 4.79 Å². The highest BCUT2D eigenvalue weighted by molar-refractivity contribution is 5.76. The molecule has 5 nitrogen and oxygen atoms in total. The van der Waals surface area contributed by atoms with Crippen LogP contribution in [0.4, 0.5) is 5.69 Å². The fraction of sp³-hybridized carbons (Fsp3) is 0.500. The van der Waals surface area contributed by atoms with E-state index in [9.17, 15) is 9.90 Å². The lowest BCUT2D eigenvalue weighted by Gasteiger charge is -2.21. The highest BCUT2D eigenvalue weighted by Crippen LogP contribution is 2.14. The number of carbonyl (C=O) groups excluding carboxylic acids is 1. The van der Waals surface area contributed by atoms with Gasteiger partial charge in [-0.05, 0) is 25.5 Å². The van der Waals surface area contributed by atoms with Crippen molar-refractivity contribution in [1.29, 1.82) is 0 Å². The Kier molecular flexibility index (Phi) is 5.63. The average molecular weight is 266 g/mol. The number of ether oxygens (including phenoxy) is 1. The van der Waals surface area contributed by atoms with Crippen LogP contribution in [0.3, 0.4) is 0 Å². The Balaban J connectivity index is 2.24. The van der Waals surface area contributed by atoms with Gasteiger partial charge < -0.3 is 20.9 Å². The van der Waals surface area contributed by atoms with Gasteiger partial charge in [-0.2, -0.15) is 0 Å². The topological polar surface area (TPSA) is 84.6 Å². The van der Waals surface area contributed by atoms with Gasteiger partial charge in [0.05, 0.1) is 18.6 Å². The zero-order chi connectivity index (χ0) is 14.3. The number of amides is 1. The Bertz CT molecular complexity index is 419. The second kappa shape index (κ2) is 6.99. The summed E-state index contributed by atoms with van der Waals surface area (Å²) in [6.07, 6.45) is 0.835. The summed E-state index contributed by atoms with van der Waals surface area (Å²) in [5.74, 6) is 0.506. The number of benzene rings is 1. The van der Waals surface area contributed by atoms with E-state index in [0.717, 1.165) is 0 Å². The molecule has 0 saturated carbocycles. The number of aliphatic hydroxyl groups is 1. The standard InChI is InChI=1S/C14H22N2O3/c1-3-14(2,18)10-16-13(17)7-8-19-12-6-4-5-11(15)9-12/h4-6,9,18H,3,7-8,10,15H2,1-2H3,(H,16,17). The predicted molar refractivity (Wildman–Crippen MR) is 74.9 cm³/mol. The maximum absolute atomic E-state index is 11.5. The second-order valence-electron chi connectivity index (χ2n) is 4.80. The van der Waals surface area contributed by atoms with Gasteiger partial charge in [-0.15, -0.1) is 0 Å². The van der Waals surface area contributed by atoms with Crippen LogP contribution in [0, 0.1) is 0 Å². The van der Waals surface area contributed by atoms with Crippen LogP contribution < -0.4 is 15.8 Å². The van der Waals surface area contributed by atoms with E-state index < -0.39 is 5.60 Å². The number of hydrogen-bond donors (Lipinski definition) is 3. The van der Waals surface area contributed by atoms with Crippen molar-refractivity contribution in [3.63, 3.8) is 0 Å². The van der Waals surface area contributed by atoms with E-state index in [-0.39, 0.29) is 25.5 Å². The summed E-state index contributed by atoms with van der Waals surface area (Å²) < 4.78 is 5.41. The molecule has 1 amide bonds. The molecule has 106 valence electrons. The fourth-order valence-electron chi connectivity index (χ4n) is 1.37. The van der Waals surface area contributed by atoms with Gasteiger partial charge in [-0.25, -0.2) is 0 Å². The molecule has 1 aromatic rings. The van der Waals surface area contributed by atoms with Crippen molar-refractivity contribution in [2.24, 2.45) is 0 Å². The molecule has 0 heterocycles. The molecule has 4 N–H and O–H groups in total. The molecule has 0 aliphatic heterocycles. The minimum absolute atomic E-state index is 0.141. The summed E-state index contributed by atoms with van der Waals surface area (Å²) in [6.45, 7) is 4.09. The summed E-state index contributed by atoms with van der Waals surface area (Å²) in [4.78, 5) is 11.5. The molecule has 0 aliphatic rings. The molecule has 0 bridgehead atoms. The SMILES string of the molecule is CCC(C)(O)CNC(=O)CCOc1cccc(N)c1. The van der Waals surface area contributed by atoms with Gasteiger partial charge in [-0.3, -0.25) is 4.79 Å². The Labute approximate surface area is 113 Å². The molecular formula is C14H22N2O3. The number of nitrogens with two attached hydrogens (primary N) is 1. The maximum atomic E-state index is 11.5. The molecule has 0 saturated heterocycles. The third-order valence-electron chi connectivity index (χ3n) is 2.88. The third-order valence-corrected chi connectivity index (χ3v) is 2.88. The highest BCUT2D eigenvalue weighted by Gasteiger charge is 2.18. The van der Waals surface area contributed by atoms with E-state index in [2.05, 4.69) is 5.32 Å². The number of nitrogen functional groups attached to an aromatic ring is 1. The van der Waals surface area contributed by atoms with Crippen LogP contribution in [0.1, 0.15) is 26.7 Å². The van der Waals surface area contributed by atoms with E-state index in [1.54, 1.807) is 31.2 Å². The molecule has 1 unspecified atom stereocenters. The summed E-state index contributed by atoms with van der Waals surface area (Å²) in [5.41, 5.74) is 5.38. The van der Waals surface area contributed by atoms with Crippen LogP contribution in [0.5, 0.6) is 5.75 Å². The minimum Gasteiger partial charge on any atom is -0.493 e. The van der Waals surface area contributed by atoms with Gasteiger partial charge in [-0.1, -0.05) is 13.0 Å². The van der Waals surface area contributed by atoms with Crippen molar-refractivity contribution in [2.75, 3.05) is 18.9 Å². The normalized spacial score (nSPS) is 13.6. The lowest BCUT2D eigenvalue weighted by Crippen LogP contribution is -2.40. The predicted octanol–water partition coefficient (Wildman–Crippen LogP) is 1.31. The van der Waals surface area contributed by atoms with Crippen LogP contribution in [-0.4, -0.2) is 29.8 Å². The fourth-order valence-corrected chi connectivity index (χ4v) is 1.37. The van der Waals surface area contributed by atoms with Gasteiger partial charge in [0.2, 0.25) is 5.91 Å². The molecule has 1 rings (SSSR count). The first kappa shape index (κ1) is 15.3. The molecule has 1 aromatic carbocycles. The molecule has 1 atom stereocenters. The van der Waals surface area contributed by atoms with Crippen LogP contribution >= 0.6 is 0 Å². The highest BCUT2D eigenvalue weighted by atomic mass is 16.5. The van der Waals surface area contributed by atoms with Gasteiger partial charge >= 0.3 is 0 Å². The van der Waals surface area contributed by atoms with E-state index in [4.69, 9.17) is 10.5 Å². The van der Waals surface area contributed by atoms with E-state index in [0.29, 0.717) is 17.9 Å².